The summed E-state index contributed by atoms with van der Waals surface area (Å²) in [4.78, 5) is 0. The van der Waals surface area contributed by atoms with Crippen LogP contribution < -0.4 is 0 Å². The van der Waals surface area contributed by atoms with Gasteiger partial charge in [-0.15, -0.1) is 0 Å². The lowest BCUT2D eigenvalue weighted by molar-refractivity contribution is 0.241. The van der Waals surface area contributed by atoms with Gasteiger partial charge in [0.05, 0.1) is 25.4 Å². The first-order chi connectivity index (χ1) is 4.40. The Balaban J connectivity index is 1.65. The molecule has 0 saturated carbocycles. The van der Waals surface area contributed by atoms with Crippen molar-refractivity contribution in [2.24, 2.45) is 0 Å². The van der Waals surface area contributed by atoms with Gasteiger partial charge in [-0.05, 0) is 0 Å². The third-order valence-electron chi connectivity index (χ3n) is 1.77. The highest BCUT2D eigenvalue weighted by molar-refractivity contribution is 4.89. The highest BCUT2D eigenvalue weighted by Crippen LogP contribution is 2.30. The van der Waals surface area contributed by atoms with E-state index >= 15 is 0 Å². The van der Waals surface area contributed by atoms with E-state index in [-0.39, 0.29) is 12.7 Å². The van der Waals surface area contributed by atoms with Gasteiger partial charge in [-0.2, -0.15) is 0 Å². The standard InChI is InChI=1S/C6H10O3/c7-2-6-5(9-6)1-4-3-8-4/h4-7H,1-3H2. The number of hydrogen-bond acceptors (Lipinski definition) is 3. The summed E-state index contributed by atoms with van der Waals surface area (Å²) in [6, 6.07) is 0. The molecular formula is C6H10O3. The van der Waals surface area contributed by atoms with Crippen LogP contribution in [0.5, 0.6) is 0 Å². The van der Waals surface area contributed by atoms with Gasteiger partial charge in [0.15, 0.2) is 0 Å². The van der Waals surface area contributed by atoms with Crippen LogP contribution in [0.3, 0.4) is 0 Å². The van der Waals surface area contributed by atoms with Crippen LogP contribution >= 0.6 is 0 Å². The largest absolute Gasteiger partial charge is 0.394 e. The minimum Gasteiger partial charge on any atom is -0.394 e. The molecule has 3 heteroatoms. The summed E-state index contributed by atoms with van der Waals surface area (Å²) < 4.78 is 10.1. The molecule has 2 fully saturated rings. The molecule has 0 amide bonds. The van der Waals surface area contributed by atoms with E-state index in [9.17, 15) is 0 Å². The zero-order valence-electron chi connectivity index (χ0n) is 5.12. The lowest BCUT2D eigenvalue weighted by Crippen LogP contribution is -2.01. The second kappa shape index (κ2) is 1.94. The van der Waals surface area contributed by atoms with Crippen molar-refractivity contribution >= 4 is 0 Å². The molecule has 3 unspecified atom stereocenters. The quantitative estimate of drug-likeness (QED) is 0.525. The summed E-state index contributed by atoms with van der Waals surface area (Å²) in [6.07, 6.45) is 1.83. The smallest absolute Gasteiger partial charge is 0.107 e. The summed E-state index contributed by atoms with van der Waals surface area (Å²) in [7, 11) is 0. The Labute approximate surface area is 53.6 Å². The van der Waals surface area contributed by atoms with Crippen molar-refractivity contribution in [3.8, 4) is 0 Å². The third kappa shape index (κ3) is 1.23. The van der Waals surface area contributed by atoms with Crippen molar-refractivity contribution in [2.75, 3.05) is 13.2 Å². The second-order valence-corrected chi connectivity index (χ2v) is 2.59. The van der Waals surface area contributed by atoms with Crippen molar-refractivity contribution in [3.05, 3.63) is 0 Å². The van der Waals surface area contributed by atoms with Crippen molar-refractivity contribution in [1.29, 1.82) is 0 Å². The molecular weight excluding hydrogens is 120 g/mol. The molecule has 0 bridgehead atoms. The van der Waals surface area contributed by atoms with E-state index in [1.165, 1.54) is 0 Å². The van der Waals surface area contributed by atoms with Crippen molar-refractivity contribution in [3.63, 3.8) is 0 Å². The normalized spacial score (nSPS) is 47.0. The Morgan fingerprint density at radius 2 is 2.22 bits per heavy atom. The molecule has 2 aliphatic heterocycles. The molecule has 0 aromatic heterocycles. The fourth-order valence-electron chi connectivity index (χ4n) is 1.01. The lowest BCUT2D eigenvalue weighted by Gasteiger charge is -1.84. The number of aliphatic hydroxyl groups is 1. The van der Waals surface area contributed by atoms with Gasteiger partial charge in [0, 0.05) is 6.42 Å². The van der Waals surface area contributed by atoms with Gasteiger partial charge in [0.2, 0.25) is 0 Å². The number of ether oxygens (including phenoxy) is 2. The number of hydrogen-bond donors (Lipinski definition) is 1. The summed E-state index contributed by atoms with van der Waals surface area (Å²) in [5.74, 6) is 0. The predicted molar refractivity (Wildman–Crippen MR) is 30.1 cm³/mol. The van der Waals surface area contributed by atoms with Crippen molar-refractivity contribution in [1.82, 2.24) is 0 Å². The van der Waals surface area contributed by atoms with Crippen LogP contribution in [0.1, 0.15) is 6.42 Å². The Hall–Kier alpha value is -0.120. The highest BCUT2D eigenvalue weighted by Gasteiger charge is 2.42. The van der Waals surface area contributed by atoms with Gasteiger partial charge in [-0.25, -0.2) is 0 Å². The van der Waals surface area contributed by atoms with E-state index in [4.69, 9.17) is 14.6 Å². The molecule has 2 aliphatic rings. The highest BCUT2D eigenvalue weighted by atomic mass is 16.6. The maximum atomic E-state index is 8.54. The first kappa shape index (κ1) is 5.65. The number of aliphatic hydroxyl groups excluding tert-OH is 1. The Morgan fingerprint density at radius 1 is 1.44 bits per heavy atom. The molecule has 3 nitrogen and oxygen atoms in total. The van der Waals surface area contributed by atoms with Crippen LogP contribution in [-0.2, 0) is 9.47 Å². The first-order valence-electron chi connectivity index (χ1n) is 3.28. The molecule has 52 valence electrons. The van der Waals surface area contributed by atoms with E-state index < -0.39 is 0 Å². The minimum absolute atomic E-state index is 0.120. The van der Waals surface area contributed by atoms with E-state index in [1.54, 1.807) is 0 Å². The monoisotopic (exact) mass is 130 g/mol. The van der Waals surface area contributed by atoms with Gasteiger partial charge < -0.3 is 14.6 Å². The maximum absolute atomic E-state index is 8.54. The summed E-state index contributed by atoms with van der Waals surface area (Å²) in [5, 5.41) is 8.54. The van der Waals surface area contributed by atoms with E-state index in [0.29, 0.717) is 12.2 Å². The molecule has 0 aromatic rings. The maximum Gasteiger partial charge on any atom is 0.107 e. The number of rotatable bonds is 3. The molecule has 2 saturated heterocycles. The lowest BCUT2D eigenvalue weighted by atomic mass is 10.2. The Kier molecular flexibility index (Phi) is 1.22. The summed E-state index contributed by atoms with van der Waals surface area (Å²) in [6.45, 7) is 1.05. The van der Waals surface area contributed by atoms with Crippen LogP contribution in [0.15, 0.2) is 0 Å². The van der Waals surface area contributed by atoms with Gasteiger partial charge in [-0.1, -0.05) is 0 Å². The zero-order valence-corrected chi connectivity index (χ0v) is 5.12. The van der Waals surface area contributed by atoms with Crippen LogP contribution in [-0.4, -0.2) is 36.6 Å². The fourth-order valence-corrected chi connectivity index (χ4v) is 1.01. The Bertz CT molecular complexity index is 111. The zero-order chi connectivity index (χ0) is 6.27. The minimum atomic E-state index is 0.120. The first-order valence-corrected chi connectivity index (χ1v) is 3.28. The molecule has 0 aromatic carbocycles. The van der Waals surface area contributed by atoms with Crippen LogP contribution in [0.25, 0.3) is 0 Å². The van der Waals surface area contributed by atoms with Crippen LogP contribution in [0, 0.1) is 0 Å². The van der Waals surface area contributed by atoms with Gasteiger partial charge in [0.1, 0.15) is 6.10 Å². The van der Waals surface area contributed by atoms with Gasteiger partial charge in [0.25, 0.3) is 0 Å². The molecule has 0 radical (unpaired) electrons. The number of epoxide rings is 2. The summed E-state index contributed by atoms with van der Waals surface area (Å²) in [5.41, 5.74) is 0. The Morgan fingerprint density at radius 3 is 2.67 bits per heavy atom. The van der Waals surface area contributed by atoms with Gasteiger partial charge in [-0.3, -0.25) is 0 Å². The fraction of sp³-hybridized carbons (Fsp3) is 1.00. The molecule has 3 atom stereocenters. The average molecular weight is 130 g/mol. The van der Waals surface area contributed by atoms with Crippen molar-refractivity contribution < 1.29 is 14.6 Å². The average Bonchev–Trinajstić information content (AvgIpc) is 2.66. The molecule has 2 rings (SSSR count). The van der Waals surface area contributed by atoms with E-state index in [1.807, 2.05) is 0 Å². The molecule has 9 heavy (non-hydrogen) atoms. The topological polar surface area (TPSA) is 45.3 Å². The molecule has 1 N–H and O–H groups in total. The van der Waals surface area contributed by atoms with Crippen LogP contribution in [0.4, 0.5) is 0 Å². The molecule has 0 spiro atoms. The van der Waals surface area contributed by atoms with Crippen molar-refractivity contribution in [2.45, 2.75) is 24.7 Å². The molecule has 2 heterocycles. The van der Waals surface area contributed by atoms with Gasteiger partial charge >= 0.3 is 0 Å². The van der Waals surface area contributed by atoms with E-state index in [2.05, 4.69) is 0 Å². The second-order valence-electron chi connectivity index (χ2n) is 2.59. The predicted octanol–water partition coefficient (Wildman–Crippen LogP) is -0.465. The summed E-state index contributed by atoms with van der Waals surface area (Å²) >= 11 is 0. The SMILES string of the molecule is OCC1OC1CC1CO1. The third-order valence-corrected chi connectivity index (χ3v) is 1.77. The van der Waals surface area contributed by atoms with Crippen LogP contribution in [0.2, 0.25) is 0 Å². The van der Waals surface area contributed by atoms with E-state index in [0.717, 1.165) is 13.0 Å². The molecule has 0 aliphatic carbocycles.